The van der Waals surface area contributed by atoms with Crippen LogP contribution in [0.2, 0.25) is 19.6 Å². The van der Waals surface area contributed by atoms with E-state index >= 15 is 0 Å². The molecule has 4 heteroatoms. The van der Waals surface area contributed by atoms with Crippen LogP contribution in [-0.2, 0) is 4.79 Å². The standard InChI is InChI=1S/C8H19NO2Si/c1-5-9(12(2,3)4)7-6-8(10)11/h5-7H2,1-4H3,(H,10,11). The normalized spacial score (nSPS) is 12.1. The van der Waals surface area contributed by atoms with Crippen LogP contribution in [-0.4, -0.2) is 37.0 Å². The highest BCUT2D eigenvalue weighted by molar-refractivity contribution is 6.73. The van der Waals surface area contributed by atoms with Gasteiger partial charge in [-0.25, -0.2) is 0 Å². The zero-order valence-electron chi connectivity index (χ0n) is 8.42. The number of carboxylic acid groups (broad SMARTS) is 1. The summed E-state index contributed by atoms with van der Waals surface area (Å²) in [6.07, 6.45) is 0.262. The molecule has 0 aromatic carbocycles. The van der Waals surface area contributed by atoms with Crippen LogP contribution in [0.3, 0.4) is 0 Å². The Morgan fingerprint density at radius 3 is 2.17 bits per heavy atom. The van der Waals surface area contributed by atoms with Gasteiger partial charge in [0, 0.05) is 6.54 Å². The van der Waals surface area contributed by atoms with E-state index in [0.29, 0.717) is 6.54 Å². The number of aliphatic carboxylic acids is 1. The molecule has 0 spiro atoms. The molecule has 0 rings (SSSR count). The SMILES string of the molecule is CCN(CCC(=O)O)[Si](C)(C)C. The van der Waals surface area contributed by atoms with Crippen LogP contribution >= 0.6 is 0 Å². The highest BCUT2D eigenvalue weighted by atomic mass is 28.3. The second-order valence-corrected chi connectivity index (χ2v) is 8.87. The van der Waals surface area contributed by atoms with E-state index in [0.717, 1.165) is 6.54 Å². The second kappa shape index (κ2) is 4.62. The Morgan fingerprint density at radius 1 is 1.42 bits per heavy atom. The molecule has 0 fully saturated rings. The molecule has 12 heavy (non-hydrogen) atoms. The van der Waals surface area contributed by atoms with Crippen molar-refractivity contribution in [2.45, 2.75) is 33.0 Å². The van der Waals surface area contributed by atoms with Gasteiger partial charge >= 0.3 is 5.97 Å². The molecule has 0 bridgehead atoms. The summed E-state index contributed by atoms with van der Waals surface area (Å²) in [6, 6.07) is 0. The summed E-state index contributed by atoms with van der Waals surface area (Å²) in [5.74, 6) is -0.702. The number of rotatable bonds is 5. The third-order valence-electron chi connectivity index (χ3n) is 1.93. The van der Waals surface area contributed by atoms with Crippen molar-refractivity contribution in [2.24, 2.45) is 0 Å². The molecule has 72 valence electrons. The van der Waals surface area contributed by atoms with Crippen molar-refractivity contribution < 1.29 is 9.90 Å². The number of hydrogen-bond acceptors (Lipinski definition) is 2. The maximum atomic E-state index is 10.3. The minimum Gasteiger partial charge on any atom is -0.481 e. The summed E-state index contributed by atoms with van der Waals surface area (Å²) in [4.78, 5) is 10.3. The van der Waals surface area contributed by atoms with Gasteiger partial charge in [0.05, 0.1) is 6.42 Å². The molecule has 0 aromatic heterocycles. The van der Waals surface area contributed by atoms with E-state index in [1.165, 1.54) is 0 Å². The summed E-state index contributed by atoms with van der Waals surface area (Å²) >= 11 is 0. The lowest BCUT2D eigenvalue weighted by atomic mass is 10.4. The van der Waals surface area contributed by atoms with Crippen molar-refractivity contribution in [1.82, 2.24) is 4.57 Å². The van der Waals surface area contributed by atoms with Crippen LogP contribution in [0.4, 0.5) is 0 Å². The van der Waals surface area contributed by atoms with Crippen molar-refractivity contribution in [3.8, 4) is 0 Å². The van der Waals surface area contributed by atoms with Crippen LogP contribution in [0.1, 0.15) is 13.3 Å². The van der Waals surface area contributed by atoms with Crippen molar-refractivity contribution in [3.63, 3.8) is 0 Å². The van der Waals surface area contributed by atoms with E-state index in [1.54, 1.807) is 0 Å². The lowest BCUT2D eigenvalue weighted by Gasteiger charge is -2.32. The Kier molecular flexibility index (Phi) is 4.48. The lowest BCUT2D eigenvalue weighted by molar-refractivity contribution is -0.137. The van der Waals surface area contributed by atoms with E-state index in [9.17, 15) is 4.79 Å². The molecule has 0 aliphatic rings. The summed E-state index contributed by atoms with van der Waals surface area (Å²) in [5.41, 5.74) is 0. The van der Waals surface area contributed by atoms with E-state index in [2.05, 4.69) is 31.1 Å². The molecule has 0 amide bonds. The highest BCUT2D eigenvalue weighted by Crippen LogP contribution is 2.08. The Labute approximate surface area is 75.5 Å². The number of carboxylic acids is 1. The van der Waals surface area contributed by atoms with Crippen LogP contribution in [0.5, 0.6) is 0 Å². The first-order chi connectivity index (χ1) is 5.38. The van der Waals surface area contributed by atoms with Crippen LogP contribution in [0, 0.1) is 0 Å². The van der Waals surface area contributed by atoms with Crippen LogP contribution in [0.15, 0.2) is 0 Å². The number of hydrogen-bond donors (Lipinski definition) is 1. The summed E-state index contributed by atoms with van der Waals surface area (Å²) in [6.45, 7) is 10.4. The fourth-order valence-electron chi connectivity index (χ4n) is 1.20. The smallest absolute Gasteiger partial charge is 0.304 e. The summed E-state index contributed by atoms with van der Waals surface area (Å²) in [5, 5.41) is 8.51. The van der Waals surface area contributed by atoms with Gasteiger partial charge in [0.2, 0.25) is 0 Å². The fourth-order valence-corrected chi connectivity index (χ4v) is 2.93. The number of carbonyl (C=O) groups is 1. The average Bonchev–Trinajstić information content (AvgIpc) is 1.85. The Hall–Kier alpha value is -0.353. The van der Waals surface area contributed by atoms with Gasteiger partial charge in [-0.1, -0.05) is 26.6 Å². The fraction of sp³-hybridized carbons (Fsp3) is 0.875. The predicted molar refractivity (Wildman–Crippen MR) is 52.8 cm³/mol. The summed E-state index contributed by atoms with van der Waals surface area (Å²) < 4.78 is 2.29. The minimum absolute atomic E-state index is 0.262. The highest BCUT2D eigenvalue weighted by Gasteiger charge is 2.22. The van der Waals surface area contributed by atoms with Crippen LogP contribution in [0.25, 0.3) is 0 Å². The Morgan fingerprint density at radius 2 is 1.92 bits per heavy atom. The molecule has 0 saturated heterocycles. The largest absolute Gasteiger partial charge is 0.481 e. The molecule has 0 aromatic rings. The zero-order valence-corrected chi connectivity index (χ0v) is 9.42. The van der Waals surface area contributed by atoms with E-state index < -0.39 is 14.2 Å². The van der Waals surface area contributed by atoms with Gasteiger partial charge in [-0.3, -0.25) is 4.79 Å². The third-order valence-corrected chi connectivity index (χ3v) is 4.36. The van der Waals surface area contributed by atoms with Gasteiger partial charge in [0.1, 0.15) is 8.24 Å². The van der Waals surface area contributed by atoms with Gasteiger partial charge < -0.3 is 9.67 Å². The van der Waals surface area contributed by atoms with Crippen molar-refractivity contribution in [2.75, 3.05) is 13.1 Å². The summed E-state index contributed by atoms with van der Waals surface area (Å²) in [7, 11) is -1.28. The molecule has 0 radical (unpaired) electrons. The first-order valence-corrected chi connectivity index (χ1v) is 7.79. The molecule has 0 atom stereocenters. The third kappa shape index (κ3) is 4.51. The van der Waals surface area contributed by atoms with E-state index in [4.69, 9.17) is 5.11 Å². The van der Waals surface area contributed by atoms with Gasteiger partial charge in [-0.2, -0.15) is 0 Å². The molecule has 0 saturated carbocycles. The second-order valence-electron chi connectivity index (χ2n) is 3.89. The van der Waals surface area contributed by atoms with Crippen molar-refractivity contribution in [3.05, 3.63) is 0 Å². The molecule has 0 aliphatic carbocycles. The maximum Gasteiger partial charge on any atom is 0.304 e. The zero-order chi connectivity index (χ0) is 9.78. The molecule has 0 unspecified atom stereocenters. The van der Waals surface area contributed by atoms with E-state index in [1.807, 2.05) is 0 Å². The Bertz CT molecular complexity index is 154. The van der Waals surface area contributed by atoms with Crippen molar-refractivity contribution in [1.29, 1.82) is 0 Å². The predicted octanol–water partition coefficient (Wildman–Crippen LogP) is 1.62. The maximum absolute atomic E-state index is 10.3. The van der Waals surface area contributed by atoms with Gasteiger partial charge in [-0.15, -0.1) is 0 Å². The Balaban J connectivity index is 3.92. The topological polar surface area (TPSA) is 40.5 Å². The molecular weight excluding hydrogens is 170 g/mol. The van der Waals surface area contributed by atoms with Gasteiger partial charge in [0.15, 0.2) is 0 Å². The first kappa shape index (κ1) is 11.6. The monoisotopic (exact) mass is 189 g/mol. The molecular formula is C8H19NO2Si. The molecule has 1 N–H and O–H groups in total. The molecule has 0 heterocycles. The molecule has 3 nitrogen and oxygen atoms in total. The minimum atomic E-state index is -1.28. The number of nitrogens with zero attached hydrogens (tertiary/aromatic N) is 1. The van der Waals surface area contributed by atoms with Gasteiger partial charge in [-0.05, 0) is 6.54 Å². The van der Waals surface area contributed by atoms with Gasteiger partial charge in [0.25, 0.3) is 0 Å². The van der Waals surface area contributed by atoms with Crippen LogP contribution < -0.4 is 0 Å². The molecule has 0 aliphatic heterocycles. The van der Waals surface area contributed by atoms with E-state index in [-0.39, 0.29) is 6.42 Å². The lowest BCUT2D eigenvalue weighted by Crippen LogP contribution is -2.46. The quantitative estimate of drug-likeness (QED) is 0.668. The average molecular weight is 189 g/mol. The van der Waals surface area contributed by atoms with Crippen molar-refractivity contribution >= 4 is 14.2 Å². The first-order valence-electron chi connectivity index (χ1n) is 4.34.